The maximum atomic E-state index is 12.0. The third kappa shape index (κ3) is 4.04. The molecule has 2 fully saturated rings. The minimum Gasteiger partial charge on any atom is -0.378 e. The van der Waals surface area contributed by atoms with Gasteiger partial charge in [-0.1, -0.05) is 6.42 Å². The van der Waals surface area contributed by atoms with E-state index in [2.05, 4.69) is 20.9 Å². The van der Waals surface area contributed by atoms with Crippen LogP contribution in [0.2, 0.25) is 0 Å². The first-order chi connectivity index (χ1) is 16.7. The number of hydrogen-bond donors (Lipinski definition) is 2. The predicted octanol–water partition coefficient (Wildman–Crippen LogP) is 3.76. The SMILES string of the molecule is NC(=O)c1cc(-c2nc(N3CCOCC3)c3cc(CN4CCCCC4)sc3n2)c2cc[nH]c2c1. The second kappa shape index (κ2) is 8.98. The van der Waals surface area contributed by atoms with Crippen LogP contribution in [-0.4, -0.2) is 65.2 Å². The molecule has 9 heteroatoms. The number of primary amides is 1. The van der Waals surface area contributed by atoms with Crippen molar-refractivity contribution >= 4 is 44.2 Å². The number of likely N-dealkylation sites (tertiary alicyclic amines) is 1. The fourth-order valence-corrected chi connectivity index (χ4v) is 6.07. The van der Waals surface area contributed by atoms with Crippen LogP contribution in [0.25, 0.3) is 32.5 Å². The highest BCUT2D eigenvalue weighted by molar-refractivity contribution is 7.18. The number of anilines is 1. The summed E-state index contributed by atoms with van der Waals surface area (Å²) in [4.78, 5) is 32.4. The molecule has 1 amide bonds. The number of nitrogens with one attached hydrogen (secondary N) is 1. The number of benzene rings is 1. The summed E-state index contributed by atoms with van der Waals surface area (Å²) in [5.74, 6) is 1.10. The van der Waals surface area contributed by atoms with Crippen molar-refractivity contribution < 1.29 is 9.53 Å². The molecule has 0 bridgehead atoms. The predicted molar refractivity (Wildman–Crippen MR) is 135 cm³/mol. The normalized spacial score (nSPS) is 17.6. The van der Waals surface area contributed by atoms with Gasteiger partial charge >= 0.3 is 0 Å². The van der Waals surface area contributed by atoms with Crippen molar-refractivity contribution in [1.82, 2.24) is 19.9 Å². The van der Waals surface area contributed by atoms with E-state index in [4.69, 9.17) is 20.4 Å². The Kier molecular flexibility index (Phi) is 5.68. The van der Waals surface area contributed by atoms with E-state index < -0.39 is 5.91 Å². The van der Waals surface area contributed by atoms with Crippen molar-refractivity contribution in [2.45, 2.75) is 25.8 Å². The van der Waals surface area contributed by atoms with E-state index in [9.17, 15) is 4.79 Å². The highest BCUT2D eigenvalue weighted by Crippen LogP contribution is 2.36. The molecule has 4 aromatic rings. The second-order valence-electron chi connectivity index (χ2n) is 9.07. The number of fused-ring (bicyclic) bond motifs is 2. The number of ether oxygens (including phenoxy) is 1. The number of nitrogens with zero attached hydrogens (tertiary/aromatic N) is 4. The summed E-state index contributed by atoms with van der Waals surface area (Å²) in [6, 6.07) is 7.86. The number of H-pyrrole nitrogens is 1. The van der Waals surface area contributed by atoms with Gasteiger partial charge in [-0.05, 0) is 50.2 Å². The molecule has 1 aromatic carbocycles. The Morgan fingerprint density at radius 1 is 1.06 bits per heavy atom. The number of rotatable bonds is 5. The maximum Gasteiger partial charge on any atom is 0.248 e. The van der Waals surface area contributed by atoms with Crippen LogP contribution < -0.4 is 10.6 Å². The number of nitrogens with two attached hydrogens (primary N) is 1. The van der Waals surface area contributed by atoms with Crippen LogP contribution in [0.1, 0.15) is 34.5 Å². The molecule has 5 heterocycles. The number of aromatic nitrogens is 3. The number of piperidine rings is 1. The monoisotopic (exact) mass is 476 g/mol. The van der Waals surface area contributed by atoms with Crippen LogP contribution in [0.15, 0.2) is 30.5 Å². The lowest BCUT2D eigenvalue weighted by atomic mass is 10.0. The van der Waals surface area contributed by atoms with E-state index in [0.29, 0.717) is 24.6 Å². The quantitative estimate of drug-likeness (QED) is 0.455. The first kappa shape index (κ1) is 21.5. The lowest BCUT2D eigenvalue weighted by Gasteiger charge is -2.28. The largest absolute Gasteiger partial charge is 0.378 e. The smallest absolute Gasteiger partial charge is 0.248 e. The molecule has 3 aromatic heterocycles. The van der Waals surface area contributed by atoms with Gasteiger partial charge in [0.25, 0.3) is 0 Å². The lowest BCUT2D eigenvalue weighted by Crippen LogP contribution is -2.37. The summed E-state index contributed by atoms with van der Waals surface area (Å²) in [5, 5.41) is 2.07. The summed E-state index contributed by atoms with van der Waals surface area (Å²) < 4.78 is 5.60. The molecular formula is C25H28N6O2S. The molecule has 2 aliphatic heterocycles. The van der Waals surface area contributed by atoms with Gasteiger partial charge < -0.3 is 20.4 Å². The average molecular weight is 477 g/mol. The van der Waals surface area contributed by atoms with Gasteiger partial charge in [-0.2, -0.15) is 0 Å². The van der Waals surface area contributed by atoms with Crippen LogP contribution in [0, 0.1) is 0 Å². The van der Waals surface area contributed by atoms with Gasteiger partial charge in [0, 0.05) is 52.7 Å². The fraction of sp³-hybridized carbons (Fsp3) is 0.400. The molecule has 6 rings (SSSR count). The molecule has 0 saturated carbocycles. The van der Waals surface area contributed by atoms with Gasteiger partial charge in [0.15, 0.2) is 5.82 Å². The number of carbonyl (C=O) groups is 1. The number of morpholine rings is 1. The highest BCUT2D eigenvalue weighted by atomic mass is 32.1. The van der Waals surface area contributed by atoms with E-state index in [1.165, 1.54) is 24.1 Å². The summed E-state index contributed by atoms with van der Waals surface area (Å²) in [6.07, 6.45) is 5.74. The Hall–Kier alpha value is -3.01. The number of carbonyl (C=O) groups excluding carboxylic acids is 1. The molecule has 0 aliphatic carbocycles. The number of hydrogen-bond acceptors (Lipinski definition) is 7. The zero-order chi connectivity index (χ0) is 23.1. The van der Waals surface area contributed by atoms with Crippen LogP contribution in [0.3, 0.4) is 0 Å². The van der Waals surface area contributed by atoms with Crippen molar-refractivity contribution in [2.75, 3.05) is 44.3 Å². The van der Waals surface area contributed by atoms with E-state index in [1.807, 2.05) is 18.3 Å². The molecule has 2 aliphatic rings. The van der Waals surface area contributed by atoms with Crippen LogP contribution in [-0.2, 0) is 11.3 Å². The number of thiophene rings is 1. The second-order valence-corrected chi connectivity index (χ2v) is 10.2. The Balaban J connectivity index is 1.49. The summed E-state index contributed by atoms with van der Waals surface area (Å²) in [5.41, 5.74) is 7.74. The molecule has 0 radical (unpaired) electrons. The Bertz CT molecular complexity index is 1350. The topological polar surface area (TPSA) is 100 Å². The standard InChI is InChI=1S/C25H28N6O2S/c26-22(32)16-12-19(18-4-5-27-21(18)13-16)23-28-24(31-8-10-33-11-9-31)20-14-17(34-25(20)29-23)15-30-6-2-1-3-7-30/h4-5,12-14,27H,1-3,6-11,15H2,(H2,26,32). The summed E-state index contributed by atoms with van der Waals surface area (Å²) in [6.45, 7) is 6.24. The van der Waals surface area contributed by atoms with Gasteiger partial charge in [0.1, 0.15) is 10.6 Å². The minimum absolute atomic E-state index is 0.443. The molecule has 34 heavy (non-hydrogen) atoms. The van der Waals surface area contributed by atoms with Gasteiger partial charge in [0.2, 0.25) is 5.91 Å². The molecule has 176 valence electrons. The van der Waals surface area contributed by atoms with Crippen LogP contribution >= 0.6 is 11.3 Å². The molecule has 0 atom stereocenters. The molecule has 0 unspecified atom stereocenters. The third-order valence-corrected chi connectivity index (χ3v) is 7.77. The summed E-state index contributed by atoms with van der Waals surface area (Å²) in [7, 11) is 0. The third-order valence-electron chi connectivity index (χ3n) is 6.76. The van der Waals surface area contributed by atoms with E-state index in [1.54, 1.807) is 17.4 Å². The molecular weight excluding hydrogens is 448 g/mol. The Morgan fingerprint density at radius 2 is 1.88 bits per heavy atom. The van der Waals surface area contributed by atoms with Gasteiger partial charge in [0.05, 0.1) is 18.6 Å². The minimum atomic E-state index is -0.466. The zero-order valence-electron chi connectivity index (χ0n) is 19.0. The highest BCUT2D eigenvalue weighted by Gasteiger charge is 2.22. The van der Waals surface area contributed by atoms with Crippen LogP contribution in [0.5, 0.6) is 0 Å². The van der Waals surface area contributed by atoms with Crippen molar-refractivity contribution in [3.8, 4) is 11.4 Å². The Labute approximate surface area is 201 Å². The molecule has 0 spiro atoms. The van der Waals surface area contributed by atoms with Crippen LogP contribution in [0.4, 0.5) is 5.82 Å². The molecule has 3 N–H and O–H groups in total. The zero-order valence-corrected chi connectivity index (χ0v) is 19.9. The lowest BCUT2D eigenvalue weighted by molar-refractivity contribution is 0.100. The van der Waals surface area contributed by atoms with Crippen molar-refractivity contribution in [3.63, 3.8) is 0 Å². The van der Waals surface area contributed by atoms with Crippen molar-refractivity contribution in [3.05, 3.63) is 40.9 Å². The fourth-order valence-electron chi connectivity index (χ4n) is 5.00. The first-order valence-corrected chi connectivity index (χ1v) is 12.7. The molecule has 8 nitrogen and oxygen atoms in total. The van der Waals surface area contributed by atoms with Gasteiger partial charge in [-0.25, -0.2) is 9.97 Å². The van der Waals surface area contributed by atoms with E-state index >= 15 is 0 Å². The summed E-state index contributed by atoms with van der Waals surface area (Å²) >= 11 is 1.75. The van der Waals surface area contributed by atoms with Gasteiger partial charge in [-0.3, -0.25) is 9.69 Å². The maximum absolute atomic E-state index is 12.0. The Morgan fingerprint density at radius 3 is 2.68 bits per heavy atom. The first-order valence-electron chi connectivity index (χ1n) is 11.9. The number of aromatic amines is 1. The number of amides is 1. The van der Waals surface area contributed by atoms with Gasteiger partial charge in [-0.15, -0.1) is 11.3 Å². The molecule has 2 saturated heterocycles. The van der Waals surface area contributed by atoms with Crippen molar-refractivity contribution in [2.24, 2.45) is 5.73 Å². The van der Waals surface area contributed by atoms with E-state index in [0.717, 1.165) is 65.2 Å². The average Bonchev–Trinajstić information content (AvgIpc) is 3.50. The van der Waals surface area contributed by atoms with Crippen molar-refractivity contribution in [1.29, 1.82) is 0 Å². The van der Waals surface area contributed by atoms with E-state index in [-0.39, 0.29) is 0 Å².